The average Bonchev–Trinajstić information content (AvgIpc) is 3.07. The van der Waals surface area contributed by atoms with Gasteiger partial charge in [0.05, 0.1) is 17.0 Å². The maximum Gasteiger partial charge on any atom is 0.337 e. The molecular formula is C22H21ClN4O2. The molecule has 5 N–H and O–H groups in total. The third-order valence-corrected chi connectivity index (χ3v) is 6.42. The summed E-state index contributed by atoms with van der Waals surface area (Å²) in [5.41, 5.74) is 12.4. The van der Waals surface area contributed by atoms with E-state index in [2.05, 4.69) is 15.3 Å². The predicted molar refractivity (Wildman–Crippen MR) is 112 cm³/mol. The monoisotopic (exact) mass is 408 g/mol. The van der Waals surface area contributed by atoms with E-state index in [1.807, 2.05) is 36.5 Å². The summed E-state index contributed by atoms with van der Waals surface area (Å²) in [7, 11) is 0. The number of carbonyl (C=O) groups is 1. The number of halogens is 1. The number of hydrogen-bond donors (Lipinski definition) is 4. The zero-order valence-corrected chi connectivity index (χ0v) is 16.5. The van der Waals surface area contributed by atoms with E-state index in [1.54, 1.807) is 0 Å². The number of nitrogens with two attached hydrogens (primary N) is 1. The molecule has 0 bridgehead atoms. The highest BCUT2D eigenvalue weighted by Crippen LogP contribution is 2.41. The Morgan fingerprint density at radius 3 is 2.76 bits per heavy atom. The molecule has 0 amide bonds. The standard InChI is InChI=1S/C22H21ClN4O2/c23-14-3-1-2-12(6-14)17-7-16-13(8-26-17)4-5-15-18(21(28)29)20(27-19(15)16)22(9-24)10-25-11-22/h1-3,6-8,25,27H,4-5,9-11,24H2,(H,28,29). The number of fused-ring (bicyclic) bond motifs is 3. The highest BCUT2D eigenvalue weighted by molar-refractivity contribution is 6.30. The minimum Gasteiger partial charge on any atom is -0.478 e. The number of aromatic carboxylic acids is 1. The largest absolute Gasteiger partial charge is 0.478 e. The van der Waals surface area contributed by atoms with Crippen molar-refractivity contribution in [1.29, 1.82) is 0 Å². The molecule has 3 aromatic rings. The van der Waals surface area contributed by atoms with Gasteiger partial charge in [-0.15, -0.1) is 0 Å². The summed E-state index contributed by atoms with van der Waals surface area (Å²) in [4.78, 5) is 20.3. The molecule has 1 saturated heterocycles. The van der Waals surface area contributed by atoms with Crippen LogP contribution in [0.2, 0.25) is 5.02 Å². The first-order valence-corrected chi connectivity index (χ1v) is 10.0. The topological polar surface area (TPSA) is 104 Å². The van der Waals surface area contributed by atoms with E-state index >= 15 is 0 Å². The van der Waals surface area contributed by atoms with Crippen LogP contribution in [0.15, 0.2) is 36.5 Å². The molecule has 0 atom stereocenters. The lowest BCUT2D eigenvalue weighted by Crippen LogP contribution is -2.61. The molecule has 0 spiro atoms. The second-order valence-corrected chi connectivity index (χ2v) is 8.30. The van der Waals surface area contributed by atoms with Gasteiger partial charge in [-0.05, 0) is 42.2 Å². The van der Waals surface area contributed by atoms with Crippen molar-refractivity contribution in [3.05, 3.63) is 63.9 Å². The van der Waals surface area contributed by atoms with Crippen LogP contribution < -0.4 is 11.1 Å². The van der Waals surface area contributed by atoms with E-state index in [-0.39, 0.29) is 5.41 Å². The molecule has 2 aliphatic rings. The second-order valence-electron chi connectivity index (χ2n) is 7.86. The van der Waals surface area contributed by atoms with Crippen molar-refractivity contribution in [1.82, 2.24) is 15.3 Å². The molecule has 2 aromatic heterocycles. The van der Waals surface area contributed by atoms with Gasteiger partial charge in [-0.1, -0.05) is 23.7 Å². The summed E-state index contributed by atoms with van der Waals surface area (Å²) in [5, 5.41) is 13.9. The highest BCUT2D eigenvalue weighted by atomic mass is 35.5. The van der Waals surface area contributed by atoms with Gasteiger partial charge >= 0.3 is 5.97 Å². The van der Waals surface area contributed by atoms with Crippen molar-refractivity contribution >= 4 is 17.6 Å². The SMILES string of the molecule is NCC1(c2[nH]c3c(c2C(=O)O)CCc2cnc(-c4cccc(Cl)c4)cc2-3)CNC1. The third-order valence-electron chi connectivity index (χ3n) is 6.19. The molecule has 29 heavy (non-hydrogen) atoms. The van der Waals surface area contributed by atoms with Crippen molar-refractivity contribution in [2.45, 2.75) is 18.3 Å². The molecule has 0 saturated carbocycles. The lowest BCUT2D eigenvalue weighted by molar-refractivity contribution is 0.0691. The first-order chi connectivity index (χ1) is 14.0. The summed E-state index contributed by atoms with van der Waals surface area (Å²) < 4.78 is 0. The van der Waals surface area contributed by atoms with Crippen LogP contribution in [0.4, 0.5) is 0 Å². The Labute approximate surface area is 173 Å². The normalized spacial score (nSPS) is 16.6. The molecule has 1 aromatic carbocycles. The number of pyridine rings is 1. The quantitative estimate of drug-likeness (QED) is 0.531. The number of benzene rings is 1. The van der Waals surface area contributed by atoms with Gasteiger partial charge < -0.3 is 21.1 Å². The van der Waals surface area contributed by atoms with Crippen LogP contribution >= 0.6 is 11.6 Å². The average molecular weight is 409 g/mol. The molecule has 0 unspecified atom stereocenters. The van der Waals surface area contributed by atoms with Crippen LogP contribution in [-0.2, 0) is 18.3 Å². The first kappa shape index (κ1) is 18.4. The van der Waals surface area contributed by atoms with Gasteiger partial charge in [-0.2, -0.15) is 0 Å². The number of carboxylic acids is 1. The van der Waals surface area contributed by atoms with E-state index in [9.17, 15) is 9.90 Å². The number of aromatic amines is 1. The Morgan fingerprint density at radius 2 is 2.10 bits per heavy atom. The maximum atomic E-state index is 12.2. The number of H-pyrrole nitrogens is 1. The second kappa shape index (κ2) is 6.69. The van der Waals surface area contributed by atoms with E-state index in [0.717, 1.165) is 45.8 Å². The van der Waals surface area contributed by atoms with Gasteiger partial charge in [0.1, 0.15) is 0 Å². The Kier molecular flexibility index (Phi) is 4.24. The Bertz CT molecular complexity index is 1130. The summed E-state index contributed by atoms with van der Waals surface area (Å²) in [6.45, 7) is 1.76. The molecule has 7 heteroatoms. The number of nitrogens with one attached hydrogen (secondary N) is 2. The van der Waals surface area contributed by atoms with Gasteiger partial charge in [-0.3, -0.25) is 4.98 Å². The molecule has 1 aliphatic heterocycles. The van der Waals surface area contributed by atoms with Crippen LogP contribution in [0.1, 0.15) is 27.2 Å². The summed E-state index contributed by atoms with van der Waals surface area (Å²) in [6.07, 6.45) is 3.32. The van der Waals surface area contributed by atoms with Crippen molar-refractivity contribution in [2.24, 2.45) is 5.73 Å². The van der Waals surface area contributed by atoms with Gasteiger partial charge in [0.25, 0.3) is 0 Å². The fourth-order valence-electron chi connectivity index (χ4n) is 4.48. The Hall–Kier alpha value is -2.67. The van der Waals surface area contributed by atoms with Crippen LogP contribution in [0.25, 0.3) is 22.5 Å². The molecule has 5 rings (SSSR count). The molecule has 6 nitrogen and oxygen atoms in total. The predicted octanol–water partition coefficient (Wildman–Crippen LogP) is 2.99. The summed E-state index contributed by atoms with van der Waals surface area (Å²) in [6, 6.07) is 9.60. The van der Waals surface area contributed by atoms with E-state index in [1.165, 1.54) is 0 Å². The molecular weight excluding hydrogens is 388 g/mol. The minimum absolute atomic E-state index is 0.353. The minimum atomic E-state index is -0.898. The molecule has 3 heterocycles. The van der Waals surface area contributed by atoms with Crippen molar-refractivity contribution in [3.8, 4) is 22.5 Å². The van der Waals surface area contributed by atoms with Crippen molar-refractivity contribution in [2.75, 3.05) is 19.6 Å². The van der Waals surface area contributed by atoms with Crippen molar-refractivity contribution < 1.29 is 9.90 Å². The fraction of sp³-hybridized carbons (Fsp3) is 0.273. The third kappa shape index (κ3) is 2.79. The number of aryl methyl sites for hydroxylation is 1. The van der Waals surface area contributed by atoms with Crippen LogP contribution in [0, 0.1) is 0 Å². The first-order valence-electron chi connectivity index (χ1n) is 9.67. The smallest absolute Gasteiger partial charge is 0.337 e. The number of nitrogens with zero attached hydrogens (tertiary/aromatic N) is 1. The zero-order valence-electron chi connectivity index (χ0n) is 15.8. The van der Waals surface area contributed by atoms with Gasteiger partial charge in [0, 0.05) is 53.1 Å². The van der Waals surface area contributed by atoms with E-state index in [0.29, 0.717) is 36.6 Å². The number of hydrogen-bond acceptors (Lipinski definition) is 4. The molecule has 1 fully saturated rings. The van der Waals surface area contributed by atoms with Crippen molar-refractivity contribution in [3.63, 3.8) is 0 Å². The fourth-order valence-corrected chi connectivity index (χ4v) is 4.67. The van der Waals surface area contributed by atoms with Gasteiger partial charge in [0.2, 0.25) is 0 Å². The highest BCUT2D eigenvalue weighted by Gasteiger charge is 2.43. The van der Waals surface area contributed by atoms with E-state index < -0.39 is 5.97 Å². The lowest BCUT2D eigenvalue weighted by atomic mass is 9.76. The molecule has 148 valence electrons. The number of rotatable bonds is 4. The Morgan fingerprint density at radius 1 is 1.28 bits per heavy atom. The van der Waals surface area contributed by atoms with E-state index in [4.69, 9.17) is 17.3 Å². The van der Waals surface area contributed by atoms with Crippen LogP contribution in [0.5, 0.6) is 0 Å². The van der Waals surface area contributed by atoms with Crippen LogP contribution in [0.3, 0.4) is 0 Å². The zero-order chi connectivity index (χ0) is 20.2. The number of carboxylic acid groups (broad SMARTS) is 1. The lowest BCUT2D eigenvalue weighted by Gasteiger charge is -2.41. The molecule has 0 radical (unpaired) electrons. The Balaban J connectivity index is 1.69. The summed E-state index contributed by atoms with van der Waals surface area (Å²) >= 11 is 6.15. The number of aromatic nitrogens is 2. The van der Waals surface area contributed by atoms with Gasteiger partial charge in [0.15, 0.2) is 0 Å². The van der Waals surface area contributed by atoms with Crippen LogP contribution in [-0.4, -0.2) is 40.7 Å². The van der Waals surface area contributed by atoms with Gasteiger partial charge in [-0.25, -0.2) is 4.79 Å². The molecule has 1 aliphatic carbocycles. The summed E-state index contributed by atoms with van der Waals surface area (Å²) in [5.74, 6) is -0.898. The maximum absolute atomic E-state index is 12.2.